The molecule has 1 amide bonds. The Bertz CT molecular complexity index is 295. The summed E-state index contributed by atoms with van der Waals surface area (Å²) in [5.74, 6) is -0.123. The van der Waals surface area contributed by atoms with E-state index in [4.69, 9.17) is 4.74 Å². The summed E-state index contributed by atoms with van der Waals surface area (Å²) in [6, 6.07) is -0.551. The van der Waals surface area contributed by atoms with Gasteiger partial charge in [-0.15, -0.1) is 0 Å². The molecule has 0 aromatic rings. The zero-order valence-electron chi connectivity index (χ0n) is 10.2. The molecule has 1 aliphatic heterocycles. The zero-order valence-corrected chi connectivity index (χ0v) is 10.2. The Kier molecular flexibility index (Phi) is 3.57. The number of nitrogens with zero attached hydrogens (tertiary/aromatic N) is 1. The number of Topliss-reactive ketones (excluding diaryl/α,β-unsaturated/α-hetero) is 1. The van der Waals surface area contributed by atoms with E-state index in [2.05, 4.69) is 0 Å². The van der Waals surface area contributed by atoms with Crippen LogP contribution < -0.4 is 0 Å². The molecule has 2 atom stereocenters. The lowest BCUT2D eigenvalue weighted by atomic mass is 10.1. The standard InChI is InChI=1S/C11H19NO4/c1-7(13)9-5-8(14)6-12(9)10(15)16-11(2,3)4/h8-9,14H,5-6H2,1-4H3/t8?,9-/m0/s1. The summed E-state index contributed by atoms with van der Waals surface area (Å²) in [4.78, 5) is 24.4. The van der Waals surface area contributed by atoms with Gasteiger partial charge in [0.1, 0.15) is 5.60 Å². The van der Waals surface area contributed by atoms with Crippen molar-refractivity contribution < 1.29 is 19.4 Å². The highest BCUT2D eigenvalue weighted by Gasteiger charge is 2.39. The molecule has 1 saturated heterocycles. The first-order chi connectivity index (χ1) is 7.20. The second kappa shape index (κ2) is 4.41. The molecule has 1 rings (SSSR count). The molecule has 0 spiro atoms. The van der Waals surface area contributed by atoms with Crippen molar-refractivity contribution >= 4 is 11.9 Å². The van der Waals surface area contributed by atoms with Crippen LogP contribution in [0, 0.1) is 0 Å². The smallest absolute Gasteiger partial charge is 0.410 e. The van der Waals surface area contributed by atoms with Crippen LogP contribution in [0.3, 0.4) is 0 Å². The van der Waals surface area contributed by atoms with Gasteiger partial charge in [0.25, 0.3) is 0 Å². The largest absolute Gasteiger partial charge is 0.444 e. The van der Waals surface area contributed by atoms with Gasteiger partial charge >= 0.3 is 6.09 Å². The first-order valence-corrected chi connectivity index (χ1v) is 5.39. The summed E-state index contributed by atoms with van der Waals surface area (Å²) >= 11 is 0. The quantitative estimate of drug-likeness (QED) is 0.726. The van der Waals surface area contributed by atoms with Crippen LogP contribution >= 0.6 is 0 Å². The highest BCUT2D eigenvalue weighted by Crippen LogP contribution is 2.21. The molecule has 1 aliphatic rings. The van der Waals surface area contributed by atoms with Crippen LogP contribution in [0.25, 0.3) is 0 Å². The van der Waals surface area contributed by atoms with Crippen LogP contribution in [0.1, 0.15) is 34.1 Å². The normalized spacial score (nSPS) is 25.7. The number of β-amino-alcohol motifs (C(OH)–C–C–N with tert-alkyl or cyclic N) is 1. The minimum absolute atomic E-state index is 0.123. The SMILES string of the molecule is CC(=O)[C@@H]1CC(O)CN1C(=O)OC(C)(C)C. The van der Waals surface area contributed by atoms with Gasteiger partial charge in [0.05, 0.1) is 18.7 Å². The molecule has 0 aromatic heterocycles. The van der Waals surface area contributed by atoms with E-state index in [0.717, 1.165) is 0 Å². The van der Waals surface area contributed by atoms with Gasteiger partial charge in [-0.1, -0.05) is 0 Å². The van der Waals surface area contributed by atoms with E-state index in [1.54, 1.807) is 20.8 Å². The molecule has 0 aromatic carbocycles. The van der Waals surface area contributed by atoms with Crippen molar-refractivity contribution in [2.75, 3.05) is 6.54 Å². The number of ketones is 1. The van der Waals surface area contributed by atoms with Crippen LogP contribution in [0.5, 0.6) is 0 Å². The van der Waals surface area contributed by atoms with Gasteiger partial charge in [-0.2, -0.15) is 0 Å². The van der Waals surface area contributed by atoms with Gasteiger partial charge in [-0.3, -0.25) is 9.69 Å². The number of amides is 1. The fraction of sp³-hybridized carbons (Fsp3) is 0.818. The summed E-state index contributed by atoms with van der Waals surface area (Å²) in [6.45, 7) is 6.87. The van der Waals surface area contributed by atoms with Gasteiger partial charge in [0.15, 0.2) is 5.78 Å². The third-order valence-corrected chi connectivity index (χ3v) is 2.38. The van der Waals surface area contributed by atoms with Crippen molar-refractivity contribution in [1.82, 2.24) is 4.90 Å². The molecule has 0 radical (unpaired) electrons. The van der Waals surface area contributed by atoms with Gasteiger partial charge in [0.2, 0.25) is 0 Å². The summed E-state index contributed by atoms with van der Waals surface area (Å²) in [5, 5.41) is 9.46. The molecule has 92 valence electrons. The Morgan fingerprint density at radius 3 is 2.38 bits per heavy atom. The predicted octanol–water partition coefficient (Wildman–Crippen LogP) is 0.946. The molecule has 0 bridgehead atoms. The number of carbonyl (C=O) groups excluding carboxylic acids is 2. The van der Waals surface area contributed by atoms with Crippen molar-refractivity contribution in [3.05, 3.63) is 0 Å². The maximum Gasteiger partial charge on any atom is 0.410 e. The van der Waals surface area contributed by atoms with Crippen molar-refractivity contribution in [1.29, 1.82) is 0 Å². The zero-order chi connectivity index (χ0) is 12.5. The fourth-order valence-electron chi connectivity index (χ4n) is 1.72. The highest BCUT2D eigenvalue weighted by atomic mass is 16.6. The first kappa shape index (κ1) is 13.0. The minimum Gasteiger partial charge on any atom is -0.444 e. The van der Waals surface area contributed by atoms with Crippen molar-refractivity contribution in [3.63, 3.8) is 0 Å². The van der Waals surface area contributed by atoms with Crippen LogP contribution in [-0.4, -0.2) is 46.2 Å². The fourth-order valence-corrected chi connectivity index (χ4v) is 1.72. The number of hydrogen-bond donors (Lipinski definition) is 1. The maximum absolute atomic E-state index is 11.8. The van der Waals surface area contributed by atoms with Crippen LogP contribution in [0.4, 0.5) is 4.79 Å². The van der Waals surface area contributed by atoms with Crippen molar-refractivity contribution in [2.45, 2.75) is 51.9 Å². The van der Waals surface area contributed by atoms with Crippen LogP contribution in [0.15, 0.2) is 0 Å². The van der Waals surface area contributed by atoms with Gasteiger partial charge in [-0.25, -0.2) is 4.79 Å². The molecular weight excluding hydrogens is 210 g/mol. The number of likely N-dealkylation sites (tertiary alicyclic amines) is 1. The average Bonchev–Trinajstić information content (AvgIpc) is 2.44. The highest BCUT2D eigenvalue weighted by molar-refractivity contribution is 5.86. The molecule has 5 nitrogen and oxygen atoms in total. The molecular formula is C11H19NO4. The molecule has 1 unspecified atom stereocenters. The third kappa shape index (κ3) is 3.20. The summed E-state index contributed by atoms with van der Waals surface area (Å²) in [7, 11) is 0. The average molecular weight is 229 g/mol. The van der Waals surface area contributed by atoms with E-state index in [1.165, 1.54) is 11.8 Å². The molecule has 5 heteroatoms. The van der Waals surface area contributed by atoms with E-state index in [-0.39, 0.29) is 12.3 Å². The van der Waals surface area contributed by atoms with Crippen LogP contribution in [-0.2, 0) is 9.53 Å². The molecule has 0 aliphatic carbocycles. The molecule has 0 saturated carbocycles. The topological polar surface area (TPSA) is 66.8 Å². The van der Waals surface area contributed by atoms with E-state index >= 15 is 0 Å². The Morgan fingerprint density at radius 2 is 1.94 bits per heavy atom. The minimum atomic E-state index is -0.638. The number of aliphatic hydroxyl groups excluding tert-OH is 1. The van der Waals surface area contributed by atoms with Crippen LogP contribution in [0.2, 0.25) is 0 Å². The van der Waals surface area contributed by atoms with Crippen molar-refractivity contribution in [3.8, 4) is 0 Å². The lowest BCUT2D eigenvalue weighted by Crippen LogP contribution is -2.42. The molecule has 1 fully saturated rings. The van der Waals surface area contributed by atoms with E-state index < -0.39 is 23.8 Å². The monoisotopic (exact) mass is 229 g/mol. The van der Waals surface area contributed by atoms with Gasteiger partial charge < -0.3 is 9.84 Å². The first-order valence-electron chi connectivity index (χ1n) is 5.39. The second-order valence-corrected chi connectivity index (χ2v) is 5.15. The number of carbonyl (C=O) groups is 2. The summed E-state index contributed by atoms with van der Waals surface area (Å²) < 4.78 is 5.17. The Hall–Kier alpha value is -1.10. The molecule has 1 N–H and O–H groups in total. The van der Waals surface area contributed by atoms with E-state index in [1.807, 2.05) is 0 Å². The maximum atomic E-state index is 11.8. The number of ether oxygens (including phenoxy) is 1. The van der Waals surface area contributed by atoms with E-state index in [0.29, 0.717) is 6.42 Å². The van der Waals surface area contributed by atoms with Gasteiger partial charge in [0, 0.05) is 6.42 Å². The summed E-state index contributed by atoms with van der Waals surface area (Å²) in [6.07, 6.45) is -0.875. The number of aliphatic hydroxyl groups is 1. The van der Waals surface area contributed by atoms with Gasteiger partial charge in [-0.05, 0) is 27.7 Å². The summed E-state index contributed by atoms with van der Waals surface area (Å²) in [5.41, 5.74) is -0.591. The Morgan fingerprint density at radius 1 is 1.38 bits per heavy atom. The Labute approximate surface area is 95.4 Å². The van der Waals surface area contributed by atoms with E-state index in [9.17, 15) is 14.7 Å². The number of hydrogen-bond acceptors (Lipinski definition) is 4. The number of rotatable bonds is 1. The third-order valence-electron chi connectivity index (χ3n) is 2.38. The predicted molar refractivity (Wildman–Crippen MR) is 58.0 cm³/mol. The van der Waals surface area contributed by atoms with Crippen molar-refractivity contribution in [2.24, 2.45) is 0 Å². The molecule has 16 heavy (non-hydrogen) atoms. The Balaban J connectivity index is 2.71. The lowest BCUT2D eigenvalue weighted by Gasteiger charge is -2.27. The molecule has 1 heterocycles. The lowest BCUT2D eigenvalue weighted by molar-refractivity contribution is -0.121. The second-order valence-electron chi connectivity index (χ2n) is 5.15.